The van der Waals surface area contributed by atoms with Crippen LogP contribution in [-0.2, 0) is 20.8 Å². The van der Waals surface area contributed by atoms with Crippen LogP contribution in [0.5, 0.6) is 5.75 Å². The lowest BCUT2D eigenvalue weighted by Crippen LogP contribution is -2.80. The molecule has 0 bridgehead atoms. The maximum atomic E-state index is 14.5. The highest BCUT2D eigenvalue weighted by molar-refractivity contribution is 6.25. The van der Waals surface area contributed by atoms with Crippen molar-refractivity contribution in [3.8, 4) is 22.9 Å². The average molecular weight is 609 g/mol. The predicted octanol–water partition coefficient (Wildman–Crippen LogP) is 0.917. The first-order chi connectivity index (χ1) is 20.4. The summed E-state index contributed by atoms with van der Waals surface area (Å²) in [6.07, 6.45) is -0.782. The first kappa shape index (κ1) is 30.6. The van der Waals surface area contributed by atoms with Crippen LogP contribution in [0, 0.1) is 28.4 Å². The number of carbonyl (C=O) groups excluding carboxylic acids is 3. The van der Waals surface area contributed by atoms with Crippen molar-refractivity contribution in [3.63, 3.8) is 0 Å². The van der Waals surface area contributed by atoms with Gasteiger partial charge in [0.2, 0.25) is 0 Å². The van der Waals surface area contributed by atoms with Crippen LogP contribution in [0.25, 0.3) is 16.9 Å². The number of aliphatic hydroxyl groups is 2. The molecule has 0 aromatic heterocycles. The van der Waals surface area contributed by atoms with Crippen molar-refractivity contribution in [1.29, 1.82) is 5.26 Å². The van der Waals surface area contributed by atoms with Crippen molar-refractivity contribution in [3.05, 3.63) is 63.9 Å². The van der Waals surface area contributed by atoms with Crippen molar-refractivity contribution in [1.82, 2.24) is 4.90 Å². The monoisotopic (exact) mass is 608 g/mol. The number of phenols is 1. The Balaban J connectivity index is 1.88. The SMILES string of the molecule is CN(C)c1cc(-c2ccc(F)c(F)c2)c(O)c2c1C[C@@]1(N)C[C@@]3(N)[C@H](N(C)C)C(=O)C(C(N)=O)=C(O)[C@@]3(C#N)C(=O)C1=C2O. The van der Waals surface area contributed by atoms with Gasteiger partial charge >= 0.3 is 0 Å². The van der Waals surface area contributed by atoms with Crippen molar-refractivity contribution in [2.24, 2.45) is 22.6 Å². The lowest BCUT2D eigenvalue weighted by Gasteiger charge is -2.58. The van der Waals surface area contributed by atoms with E-state index < -0.39 is 86.5 Å². The number of aliphatic hydroxyl groups excluding tert-OH is 2. The number of hydrogen-bond acceptors (Lipinski definition) is 11. The average Bonchev–Trinajstić information content (AvgIpc) is 2.89. The van der Waals surface area contributed by atoms with Gasteiger partial charge in [-0.05, 0) is 56.3 Å². The van der Waals surface area contributed by atoms with Gasteiger partial charge in [0, 0.05) is 25.3 Å². The molecule has 1 amide bonds. The molecule has 14 heteroatoms. The number of benzene rings is 2. The normalized spacial score (nSPS) is 28.0. The second-order valence-corrected chi connectivity index (χ2v) is 12.0. The van der Waals surface area contributed by atoms with Crippen molar-refractivity contribution < 1.29 is 38.5 Å². The molecule has 0 saturated heterocycles. The highest BCUT2D eigenvalue weighted by Gasteiger charge is 2.74. The summed E-state index contributed by atoms with van der Waals surface area (Å²) in [7, 11) is 6.15. The molecule has 0 spiro atoms. The van der Waals surface area contributed by atoms with Crippen LogP contribution in [0.3, 0.4) is 0 Å². The second-order valence-electron chi connectivity index (χ2n) is 12.0. The number of amides is 1. The highest BCUT2D eigenvalue weighted by atomic mass is 19.2. The van der Waals surface area contributed by atoms with Crippen LogP contribution in [0.1, 0.15) is 17.5 Å². The smallest absolute Gasteiger partial charge is 0.255 e. The lowest BCUT2D eigenvalue weighted by molar-refractivity contribution is -0.139. The Labute approximate surface area is 250 Å². The Bertz CT molecular complexity index is 1810. The quantitative estimate of drug-likeness (QED) is 0.268. The minimum absolute atomic E-state index is 0.0239. The molecular weight excluding hydrogens is 578 g/mol. The number of aromatic hydroxyl groups is 1. The summed E-state index contributed by atoms with van der Waals surface area (Å²) in [4.78, 5) is 43.3. The number of fused-ring (bicyclic) bond motifs is 3. The van der Waals surface area contributed by atoms with E-state index in [2.05, 4.69) is 0 Å². The Morgan fingerprint density at radius 3 is 2.23 bits per heavy atom. The van der Waals surface area contributed by atoms with Crippen LogP contribution in [0.4, 0.5) is 14.5 Å². The summed E-state index contributed by atoms with van der Waals surface area (Å²) < 4.78 is 27.9. The van der Waals surface area contributed by atoms with Gasteiger partial charge in [-0.25, -0.2) is 8.78 Å². The van der Waals surface area contributed by atoms with Gasteiger partial charge in [0.05, 0.1) is 34.3 Å². The molecule has 4 atom stereocenters. The minimum atomic E-state index is -2.80. The molecule has 2 aromatic rings. The van der Waals surface area contributed by atoms with E-state index in [0.717, 1.165) is 12.1 Å². The first-order valence-corrected chi connectivity index (χ1v) is 13.3. The van der Waals surface area contributed by atoms with Gasteiger partial charge in [0.1, 0.15) is 22.8 Å². The standard InChI is InChI=1S/C30H30F2N6O6/c1-37(2)17-8-13(12-5-6-15(31)16(32)7-12)21(39)18-14(17)9-28(35)10-30(36)24(38(3)4)23(41)19(27(34)44)25(42)29(30,11-33)26(43)20(28)22(18)40/h5-8,24,39-40,42H,9-10,35-36H2,1-4H3,(H2,34,44)/t24-,28-,29+,30-/m1/s1. The molecular formula is C30H30F2N6O6. The zero-order chi connectivity index (χ0) is 32.8. The summed E-state index contributed by atoms with van der Waals surface area (Å²) in [5, 5.41) is 45.1. The molecule has 9 N–H and O–H groups in total. The number of nitrogens with two attached hydrogens (primary N) is 3. The van der Waals surface area contributed by atoms with Gasteiger partial charge in [-0.1, -0.05) is 6.07 Å². The fourth-order valence-electron chi connectivity index (χ4n) is 7.16. The second kappa shape index (κ2) is 9.58. The first-order valence-electron chi connectivity index (χ1n) is 13.3. The van der Waals surface area contributed by atoms with Crippen LogP contribution in [-0.4, -0.2) is 83.0 Å². The number of anilines is 1. The number of halogens is 2. The lowest BCUT2D eigenvalue weighted by atomic mass is 9.47. The largest absolute Gasteiger partial charge is 0.509 e. The number of nitrogens with zero attached hydrogens (tertiary/aromatic N) is 3. The fraction of sp³-hybridized carbons (Fsp3) is 0.333. The number of primary amides is 1. The van der Waals surface area contributed by atoms with Gasteiger partial charge < -0.3 is 37.4 Å². The Kier molecular flexibility index (Phi) is 6.67. The molecule has 230 valence electrons. The number of ketones is 2. The molecule has 44 heavy (non-hydrogen) atoms. The van der Waals surface area contributed by atoms with Crippen molar-refractivity contribution >= 4 is 28.9 Å². The zero-order valence-corrected chi connectivity index (χ0v) is 24.2. The van der Waals surface area contributed by atoms with Crippen LogP contribution < -0.4 is 22.1 Å². The maximum Gasteiger partial charge on any atom is 0.255 e. The fourth-order valence-corrected chi connectivity index (χ4v) is 7.16. The van der Waals surface area contributed by atoms with Gasteiger partial charge in [0.15, 0.2) is 28.6 Å². The van der Waals surface area contributed by atoms with E-state index in [1.54, 1.807) is 25.1 Å². The molecule has 2 aromatic carbocycles. The van der Waals surface area contributed by atoms with E-state index in [4.69, 9.17) is 17.2 Å². The molecule has 3 aliphatic rings. The van der Waals surface area contributed by atoms with Gasteiger partial charge in [-0.2, -0.15) is 5.26 Å². The van der Waals surface area contributed by atoms with Crippen molar-refractivity contribution in [2.75, 3.05) is 33.1 Å². The summed E-state index contributed by atoms with van der Waals surface area (Å²) in [6.45, 7) is 0. The van der Waals surface area contributed by atoms with E-state index in [1.165, 1.54) is 31.1 Å². The number of rotatable bonds is 4. The van der Waals surface area contributed by atoms with E-state index in [-0.39, 0.29) is 28.7 Å². The molecule has 3 aliphatic carbocycles. The van der Waals surface area contributed by atoms with E-state index in [1.807, 2.05) is 0 Å². The van der Waals surface area contributed by atoms with Crippen LogP contribution >= 0.6 is 0 Å². The third-order valence-electron chi connectivity index (χ3n) is 8.94. The van der Waals surface area contributed by atoms with Gasteiger partial charge in [-0.15, -0.1) is 0 Å². The summed E-state index contributed by atoms with van der Waals surface area (Å²) >= 11 is 0. The molecule has 0 aliphatic heterocycles. The minimum Gasteiger partial charge on any atom is -0.509 e. The number of likely N-dealkylation sites (N-methyl/N-ethyl adjacent to an activating group) is 1. The number of Topliss-reactive ketones (excluding diaryl/α,β-unsaturated/α-hetero) is 2. The van der Waals surface area contributed by atoms with Crippen molar-refractivity contribution in [2.45, 2.75) is 30.0 Å². The third-order valence-corrected chi connectivity index (χ3v) is 8.94. The number of carbonyl (C=O) groups is 3. The molecule has 12 nitrogen and oxygen atoms in total. The maximum absolute atomic E-state index is 14.5. The van der Waals surface area contributed by atoms with E-state index in [9.17, 15) is 43.7 Å². The molecule has 0 unspecified atom stereocenters. The number of nitriles is 1. The molecule has 0 radical (unpaired) electrons. The molecule has 1 saturated carbocycles. The van der Waals surface area contributed by atoms with Gasteiger partial charge in [-0.3, -0.25) is 19.3 Å². The third kappa shape index (κ3) is 3.66. The summed E-state index contributed by atoms with van der Waals surface area (Å²) in [5.74, 6) is -8.74. The molecule has 1 fully saturated rings. The zero-order valence-electron chi connectivity index (χ0n) is 24.2. The predicted molar refractivity (Wildman–Crippen MR) is 154 cm³/mol. The Morgan fingerprint density at radius 1 is 1.07 bits per heavy atom. The Morgan fingerprint density at radius 2 is 1.70 bits per heavy atom. The van der Waals surface area contributed by atoms with Gasteiger partial charge in [0.25, 0.3) is 5.91 Å². The molecule has 5 rings (SSSR count). The number of phenolic OH excluding ortho intramolecular Hbond substituents is 1. The topological polar surface area (TPSA) is 220 Å². The highest BCUT2D eigenvalue weighted by Crippen LogP contribution is 2.59. The van der Waals surface area contributed by atoms with Crippen LogP contribution in [0.2, 0.25) is 0 Å². The van der Waals surface area contributed by atoms with E-state index in [0.29, 0.717) is 5.69 Å². The van der Waals surface area contributed by atoms with E-state index >= 15 is 0 Å². The summed E-state index contributed by atoms with van der Waals surface area (Å²) in [5.41, 5.74) is 11.0. The summed E-state index contributed by atoms with van der Waals surface area (Å²) in [6, 6.07) is 4.59. The Hall–Kier alpha value is -4.84. The molecule has 0 heterocycles. The number of hydrogen-bond donors (Lipinski definition) is 6. The van der Waals surface area contributed by atoms with Crippen LogP contribution in [0.15, 0.2) is 41.2 Å².